The third-order valence-corrected chi connectivity index (χ3v) is 6.92. The summed E-state index contributed by atoms with van der Waals surface area (Å²) in [4.78, 5) is 0. The van der Waals surface area contributed by atoms with E-state index in [4.69, 9.17) is 9.47 Å². The zero-order chi connectivity index (χ0) is 20.9. The Hall–Kier alpha value is -0.600. The summed E-state index contributed by atoms with van der Waals surface area (Å²) in [5.74, 6) is 0. The van der Waals surface area contributed by atoms with Gasteiger partial charge < -0.3 is 9.47 Å². The molecule has 0 radical (unpaired) electrons. The van der Waals surface area contributed by atoms with E-state index >= 15 is 0 Å². The van der Waals surface area contributed by atoms with E-state index in [1.54, 1.807) is 0 Å². The minimum absolute atomic E-state index is 0.138. The Morgan fingerprint density at radius 2 is 1.04 bits per heavy atom. The molecule has 28 heavy (non-hydrogen) atoms. The number of hydrogen-bond acceptors (Lipinski definition) is 2. The Labute approximate surface area is 176 Å². The molecule has 0 aromatic rings. The molecule has 4 atom stereocenters. The molecule has 1 rings (SSSR count). The summed E-state index contributed by atoms with van der Waals surface area (Å²) in [5.41, 5.74) is -0.276. The van der Waals surface area contributed by atoms with E-state index in [-0.39, 0.29) is 23.4 Å². The molecule has 1 aliphatic rings. The van der Waals surface area contributed by atoms with Crippen LogP contribution in [0.5, 0.6) is 0 Å². The molecule has 1 aliphatic heterocycles. The first-order chi connectivity index (χ1) is 13.6. The van der Waals surface area contributed by atoms with Crippen molar-refractivity contribution in [3.63, 3.8) is 0 Å². The van der Waals surface area contributed by atoms with Crippen molar-refractivity contribution in [3.05, 3.63) is 25.3 Å². The third kappa shape index (κ3) is 6.46. The zero-order valence-corrected chi connectivity index (χ0v) is 19.4. The number of ether oxygens (including phenoxy) is 2. The molecule has 0 aromatic carbocycles. The molecular formula is C26H48O2. The highest BCUT2D eigenvalue weighted by atomic mass is 16.6. The van der Waals surface area contributed by atoms with Crippen molar-refractivity contribution in [1.82, 2.24) is 0 Å². The van der Waals surface area contributed by atoms with Crippen molar-refractivity contribution >= 4 is 0 Å². The zero-order valence-electron chi connectivity index (χ0n) is 19.4. The average molecular weight is 393 g/mol. The summed E-state index contributed by atoms with van der Waals surface area (Å²) in [6.45, 7) is 16.8. The van der Waals surface area contributed by atoms with Gasteiger partial charge in [-0.25, -0.2) is 0 Å². The van der Waals surface area contributed by atoms with Gasteiger partial charge in [-0.15, -0.1) is 13.2 Å². The summed E-state index contributed by atoms with van der Waals surface area (Å²) in [5, 5.41) is 0. The molecule has 0 bridgehead atoms. The second-order valence-corrected chi connectivity index (χ2v) is 8.60. The highest BCUT2D eigenvalue weighted by molar-refractivity contribution is 5.05. The summed E-state index contributed by atoms with van der Waals surface area (Å²) in [7, 11) is 0. The van der Waals surface area contributed by atoms with E-state index in [9.17, 15) is 0 Å². The number of unbranched alkanes of at least 4 members (excludes halogenated alkanes) is 6. The fourth-order valence-electron chi connectivity index (χ4n) is 5.13. The van der Waals surface area contributed by atoms with Crippen LogP contribution in [-0.4, -0.2) is 23.4 Å². The monoisotopic (exact) mass is 392 g/mol. The normalized spacial score (nSPS) is 30.3. The van der Waals surface area contributed by atoms with Crippen molar-refractivity contribution in [3.8, 4) is 0 Å². The van der Waals surface area contributed by atoms with Gasteiger partial charge >= 0.3 is 0 Å². The molecule has 0 aromatic heterocycles. The molecule has 4 unspecified atom stereocenters. The van der Waals surface area contributed by atoms with Gasteiger partial charge in [-0.2, -0.15) is 0 Å². The van der Waals surface area contributed by atoms with Crippen LogP contribution in [0.1, 0.15) is 118 Å². The SMILES string of the molecule is C=CCCCCCC1(CC)OC(CC)C(CC)OC1(CC)CCCCCC=C. The number of allylic oxidation sites excluding steroid dienone is 2. The lowest BCUT2D eigenvalue weighted by molar-refractivity contribution is -0.325. The van der Waals surface area contributed by atoms with Crippen LogP contribution in [0, 0.1) is 0 Å². The second kappa shape index (κ2) is 13.6. The Morgan fingerprint density at radius 1 is 0.643 bits per heavy atom. The van der Waals surface area contributed by atoms with Gasteiger partial charge in [0.1, 0.15) is 0 Å². The van der Waals surface area contributed by atoms with Gasteiger partial charge in [0, 0.05) is 0 Å². The van der Waals surface area contributed by atoms with Gasteiger partial charge in [0.15, 0.2) is 0 Å². The molecule has 0 amide bonds. The van der Waals surface area contributed by atoms with Gasteiger partial charge in [0.05, 0.1) is 23.4 Å². The van der Waals surface area contributed by atoms with Gasteiger partial charge in [-0.05, 0) is 64.2 Å². The van der Waals surface area contributed by atoms with E-state index in [0.29, 0.717) is 0 Å². The lowest BCUT2D eigenvalue weighted by Gasteiger charge is -2.58. The van der Waals surface area contributed by atoms with Crippen molar-refractivity contribution < 1.29 is 9.47 Å². The molecule has 0 aliphatic carbocycles. The maximum absolute atomic E-state index is 7.01. The van der Waals surface area contributed by atoms with Gasteiger partial charge in [-0.3, -0.25) is 0 Å². The van der Waals surface area contributed by atoms with E-state index in [2.05, 4.69) is 40.9 Å². The highest BCUT2D eigenvalue weighted by Gasteiger charge is 2.56. The third-order valence-electron chi connectivity index (χ3n) is 6.92. The molecule has 1 saturated heterocycles. The van der Waals surface area contributed by atoms with Gasteiger partial charge in [0.2, 0.25) is 0 Å². The van der Waals surface area contributed by atoms with Crippen LogP contribution in [0.2, 0.25) is 0 Å². The first-order valence-electron chi connectivity index (χ1n) is 12.2. The summed E-state index contributed by atoms with van der Waals surface area (Å²) < 4.78 is 14.0. The van der Waals surface area contributed by atoms with Crippen LogP contribution < -0.4 is 0 Å². The summed E-state index contributed by atoms with van der Waals surface area (Å²) in [6, 6.07) is 0. The maximum atomic E-state index is 7.01. The van der Waals surface area contributed by atoms with E-state index in [0.717, 1.165) is 51.4 Å². The summed E-state index contributed by atoms with van der Waals surface area (Å²) in [6.07, 6.45) is 20.6. The molecule has 0 spiro atoms. The Balaban J connectivity index is 2.98. The Morgan fingerprint density at radius 3 is 1.32 bits per heavy atom. The van der Waals surface area contributed by atoms with Crippen LogP contribution in [0.3, 0.4) is 0 Å². The summed E-state index contributed by atoms with van der Waals surface area (Å²) >= 11 is 0. The molecule has 0 saturated carbocycles. The van der Waals surface area contributed by atoms with Crippen LogP contribution in [0.4, 0.5) is 0 Å². The van der Waals surface area contributed by atoms with Crippen LogP contribution in [0.25, 0.3) is 0 Å². The molecule has 164 valence electrons. The predicted molar refractivity (Wildman–Crippen MR) is 123 cm³/mol. The standard InChI is InChI=1S/C26H48O2/c1-7-13-15-17-19-21-25(11-5)26(12-6,22-20-18-16-14-8-2)28-24(10-4)23(9-3)27-25/h7-8,23-24H,1-2,9-22H2,3-6H3. The van der Waals surface area contributed by atoms with Crippen LogP contribution in [-0.2, 0) is 9.47 Å². The van der Waals surface area contributed by atoms with Gasteiger partial charge in [-0.1, -0.05) is 65.5 Å². The topological polar surface area (TPSA) is 18.5 Å². The molecule has 2 nitrogen and oxygen atoms in total. The number of hydrogen-bond donors (Lipinski definition) is 0. The average Bonchev–Trinajstić information content (AvgIpc) is 2.73. The molecule has 1 fully saturated rings. The predicted octanol–water partition coefficient (Wildman–Crippen LogP) is 8.16. The van der Waals surface area contributed by atoms with Crippen LogP contribution in [0.15, 0.2) is 25.3 Å². The van der Waals surface area contributed by atoms with Crippen molar-refractivity contribution in [2.45, 2.75) is 141 Å². The van der Waals surface area contributed by atoms with Crippen molar-refractivity contribution in [2.75, 3.05) is 0 Å². The maximum Gasteiger partial charge on any atom is 0.0973 e. The Bertz CT molecular complexity index is 392. The molecule has 0 N–H and O–H groups in total. The van der Waals surface area contributed by atoms with Crippen molar-refractivity contribution in [1.29, 1.82) is 0 Å². The smallest absolute Gasteiger partial charge is 0.0973 e. The van der Waals surface area contributed by atoms with Crippen molar-refractivity contribution in [2.24, 2.45) is 0 Å². The van der Waals surface area contributed by atoms with E-state index in [1.165, 1.54) is 38.5 Å². The van der Waals surface area contributed by atoms with E-state index < -0.39 is 0 Å². The Kier molecular flexibility index (Phi) is 12.3. The minimum Gasteiger partial charge on any atom is -0.366 e. The fraction of sp³-hybridized carbons (Fsp3) is 0.846. The lowest BCUT2D eigenvalue weighted by Crippen LogP contribution is -2.65. The van der Waals surface area contributed by atoms with Crippen LogP contribution >= 0.6 is 0 Å². The first kappa shape index (κ1) is 25.4. The molecule has 2 heteroatoms. The van der Waals surface area contributed by atoms with Gasteiger partial charge in [0.25, 0.3) is 0 Å². The second-order valence-electron chi connectivity index (χ2n) is 8.60. The first-order valence-corrected chi connectivity index (χ1v) is 12.2. The minimum atomic E-state index is -0.138. The number of rotatable bonds is 16. The van der Waals surface area contributed by atoms with E-state index in [1.807, 2.05) is 12.2 Å². The lowest BCUT2D eigenvalue weighted by atomic mass is 9.70. The molecule has 1 heterocycles. The quantitative estimate of drug-likeness (QED) is 0.195. The molecular weight excluding hydrogens is 344 g/mol. The largest absolute Gasteiger partial charge is 0.366 e. The fourth-order valence-corrected chi connectivity index (χ4v) is 5.13. The highest BCUT2D eigenvalue weighted by Crippen LogP contribution is 2.49.